The van der Waals surface area contributed by atoms with Crippen molar-refractivity contribution in [3.05, 3.63) is 0 Å². The van der Waals surface area contributed by atoms with Gasteiger partial charge in [0.05, 0.1) is 12.7 Å². The average Bonchev–Trinajstić information content (AvgIpc) is 2.29. The molecule has 2 nitrogen and oxygen atoms in total. The third kappa shape index (κ3) is 5.03. The fourth-order valence-electron chi connectivity index (χ4n) is 2.38. The highest BCUT2D eigenvalue weighted by Crippen LogP contribution is 2.36. The van der Waals surface area contributed by atoms with Gasteiger partial charge in [0.15, 0.2) is 0 Å². The van der Waals surface area contributed by atoms with Gasteiger partial charge in [-0.3, -0.25) is 0 Å². The molecule has 1 N–H and O–H groups in total. The molecule has 1 aliphatic rings. The molecule has 1 aliphatic carbocycles. The number of nitrogens with one attached hydrogen (secondary N) is 1. The molecule has 0 heterocycles. The van der Waals surface area contributed by atoms with E-state index in [4.69, 9.17) is 16.3 Å². The number of halogens is 1. The minimum atomic E-state index is 0.332. The Morgan fingerprint density at radius 2 is 1.94 bits per heavy atom. The normalized spacial score (nSPS) is 20.2. The van der Waals surface area contributed by atoms with Gasteiger partial charge in [0.1, 0.15) is 0 Å². The fraction of sp³-hybridized carbons (Fsp3) is 1.00. The van der Waals surface area contributed by atoms with E-state index in [9.17, 15) is 0 Å². The van der Waals surface area contributed by atoms with Crippen LogP contribution in [0.15, 0.2) is 0 Å². The van der Waals surface area contributed by atoms with Crippen LogP contribution in [0.5, 0.6) is 0 Å². The Morgan fingerprint density at radius 1 is 1.25 bits per heavy atom. The first kappa shape index (κ1) is 14.3. The lowest BCUT2D eigenvalue weighted by Crippen LogP contribution is -2.39. The van der Waals surface area contributed by atoms with Gasteiger partial charge in [0.2, 0.25) is 0 Å². The van der Waals surface area contributed by atoms with Crippen molar-refractivity contribution in [3.63, 3.8) is 0 Å². The lowest BCUT2D eigenvalue weighted by Gasteiger charge is -2.35. The largest absolute Gasteiger partial charge is 0.377 e. The van der Waals surface area contributed by atoms with Gasteiger partial charge in [0.25, 0.3) is 0 Å². The molecule has 1 fully saturated rings. The highest BCUT2D eigenvalue weighted by molar-refractivity contribution is 6.18. The molecule has 0 aromatic heterocycles. The molecular weight excluding hydrogens is 222 g/mol. The van der Waals surface area contributed by atoms with Gasteiger partial charge in [-0.2, -0.15) is 0 Å². The van der Waals surface area contributed by atoms with Crippen LogP contribution in [-0.4, -0.2) is 31.7 Å². The summed E-state index contributed by atoms with van der Waals surface area (Å²) in [5.74, 6) is 0.797. The molecule has 1 rings (SSSR count). The molecule has 0 aromatic rings. The Hall–Kier alpha value is 0.210. The van der Waals surface area contributed by atoms with Crippen LogP contribution in [-0.2, 0) is 4.74 Å². The highest BCUT2D eigenvalue weighted by Gasteiger charge is 2.30. The van der Waals surface area contributed by atoms with E-state index < -0.39 is 0 Å². The number of hydrogen-bond acceptors (Lipinski definition) is 2. The van der Waals surface area contributed by atoms with Crippen LogP contribution in [0, 0.1) is 5.41 Å². The van der Waals surface area contributed by atoms with Crippen molar-refractivity contribution in [2.24, 2.45) is 5.41 Å². The predicted molar refractivity (Wildman–Crippen MR) is 70.2 cm³/mol. The summed E-state index contributed by atoms with van der Waals surface area (Å²) < 4.78 is 5.50. The summed E-state index contributed by atoms with van der Waals surface area (Å²) in [7, 11) is 0. The minimum absolute atomic E-state index is 0.332. The Morgan fingerprint density at radius 3 is 2.50 bits per heavy atom. The van der Waals surface area contributed by atoms with E-state index in [0.29, 0.717) is 11.5 Å². The molecular formula is C13H26ClNO. The van der Waals surface area contributed by atoms with Crippen molar-refractivity contribution < 1.29 is 4.74 Å². The zero-order valence-electron chi connectivity index (χ0n) is 10.7. The highest BCUT2D eigenvalue weighted by atomic mass is 35.5. The first-order valence-corrected chi connectivity index (χ1v) is 7.10. The molecule has 1 saturated carbocycles. The lowest BCUT2D eigenvalue weighted by atomic mass is 9.75. The van der Waals surface area contributed by atoms with Crippen molar-refractivity contribution in [1.29, 1.82) is 0 Å². The van der Waals surface area contributed by atoms with Gasteiger partial charge in [0, 0.05) is 19.0 Å². The van der Waals surface area contributed by atoms with E-state index in [-0.39, 0.29) is 0 Å². The molecule has 0 unspecified atom stereocenters. The van der Waals surface area contributed by atoms with Crippen LogP contribution in [0.25, 0.3) is 0 Å². The summed E-state index contributed by atoms with van der Waals surface area (Å²) in [5, 5.41) is 3.49. The van der Waals surface area contributed by atoms with Crippen LogP contribution >= 0.6 is 11.6 Å². The molecule has 0 atom stereocenters. The minimum Gasteiger partial charge on any atom is -0.377 e. The Kier molecular flexibility index (Phi) is 6.71. The second kappa shape index (κ2) is 7.52. The predicted octanol–water partition coefficient (Wildman–Crippen LogP) is 3.19. The third-order valence-corrected chi connectivity index (χ3v) is 3.99. The van der Waals surface area contributed by atoms with Crippen LogP contribution in [0.4, 0.5) is 0 Å². The van der Waals surface area contributed by atoms with Crippen molar-refractivity contribution >= 4 is 11.6 Å². The molecule has 16 heavy (non-hydrogen) atoms. The summed E-state index contributed by atoms with van der Waals surface area (Å²) in [6, 6.07) is 0. The zero-order valence-corrected chi connectivity index (χ0v) is 11.5. The SMILES string of the molecule is CC(C)OCCNCC1(CCl)CCCCC1. The molecule has 0 amide bonds. The molecule has 0 radical (unpaired) electrons. The molecule has 96 valence electrons. The Labute approximate surface area is 105 Å². The second-order valence-electron chi connectivity index (χ2n) is 5.29. The molecule has 3 heteroatoms. The van der Waals surface area contributed by atoms with Crippen LogP contribution < -0.4 is 5.32 Å². The van der Waals surface area contributed by atoms with Gasteiger partial charge in [-0.15, -0.1) is 11.6 Å². The first-order chi connectivity index (χ1) is 7.68. The quantitative estimate of drug-likeness (QED) is 0.551. The van der Waals surface area contributed by atoms with E-state index in [2.05, 4.69) is 19.2 Å². The standard InChI is InChI=1S/C13H26ClNO/c1-12(2)16-9-8-15-11-13(10-14)6-4-3-5-7-13/h12,15H,3-11H2,1-2H3. The maximum absolute atomic E-state index is 6.13. The van der Waals surface area contributed by atoms with Gasteiger partial charge >= 0.3 is 0 Å². The Balaban J connectivity index is 2.13. The van der Waals surface area contributed by atoms with Crippen molar-refractivity contribution in [1.82, 2.24) is 5.32 Å². The second-order valence-corrected chi connectivity index (χ2v) is 5.56. The van der Waals surface area contributed by atoms with Crippen LogP contribution in [0.2, 0.25) is 0 Å². The Bertz CT molecular complexity index is 179. The summed E-state index contributed by atoms with van der Waals surface area (Å²) in [6.45, 7) is 6.94. The lowest BCUT2D eigenvalue weighted by molar-refractivity contribution is 0.0782. The van der Waals surface area contributed by atoms with E-state index in [0.717, 1.165) is 25.6 Å². The number of hydrogen-bond donors (Lipinski definition) is 1. The molecule has 0 aliphatic heterocycles. The van der Waals surface area contributed by atoms with Gasteiger partial charge in [-0.1, -0.05) is 19.3 Å². The summed E-state index contributed by atoms with van der Waals surface area (Å²) >= 11 is 6.13. The smallest absolute Gasteiger partial charge is 0.0594 e. The molecule has 0 aromatic carbocycles. The van der Waals surface area contributed by atoms with E-state index in [1.807, 2.05) is 0 Å². The summed E-state index contributed by atoms with van der Waals surface area (Å²) in [5.41, 5.74) is 0.359. The third-order valence-electron chi connectivity index (χ3n) is 3.43. The van der Waals surface area contributed by atoms with E-state index >= 15 is 0 Å². The van der Waals surface area contributed by atoms with Crippen LogP contribution in [0.1, 0.15) is 46.0 Å². The average molecular weight is 248 g/mol. The summed E-state index contributed by atoms with van der Waals surface area (Å²) in [4.78, 5) is 0. The van der Waals surface area contributed by atoms with Crippen LogP contribution in [0.3, 0.4) is 0 Å². The van der Waals surface area contributed by atoms with Gasteiger partial charge in [-0.05, 0) is 32.1 Å². The number of alkyl halides is 1. The van der Waals surface area contributed by atoms with Gasteiger partial charge < -0.3 is 10.1 Å². The van der Waals surface area contributed by atoms with Crippen molar-refractivity contribution in [2.75, 3.05) is 25.6 Å². The summed E-state index contributed by atoms with van der Waals surface area (Å²) in [6.07, 6.45) is 6.98. The van der Waals surface area contributed by atoms with Crippen molar-refractivity contribution in [2.45, 2.75) is 52.1 Å². The zero-order chi connectivity index (χ0) is 11.9. The molecule has 0 bridgehead atoms. The molecule has 0 spiro atoms. The maximum Gasteiger partial charge on any atom is 0.0594 e. The van der Waals surface area contributed by atoms with E-state index in [1.54, 1.807) is 0 Å². The van der Waals surface area contributed by atoms with E-state index in [1.165, 1.54) is 32.1 Å². The molecule has 0 saturated heterocycles. The number of rotatable bonds is 7. The maximum atomic E-state index is 6.13. The number of ether oxygens (including phenoxy) is 1. The fourth-order valence-corrected chi connectivity index (χ4v) is 2.74. The monoisotopic (exact) mass is 247 g/mol. The first-order valence-electron chi connectivity index (χ1n) is 6.57. The topological polar surface area (TPSA) is 21.3 Å². The van der Waals surface area contributed by atoms with Crippen molar-refractivity contribution in [3.8, 4) is 0 Å². The van der Waals surface area contributed by atoms with Gasteiger partial charge in [-0.25, -0.2) is 0 Å².